The number of amides is 1. The Bertz CT molecular complexity index is 910. The van der Waals surface area contributed by atoms with Gasteiger partial charge in [-0.1, -0.05) is 34.1 Å². The lowest BCUT2D eigenvalue weighted by atomic mass is 10.2. The summed E-state index contributed by atoms with van der Waals surface area (Å²) in [7, 11) is 0. The Morgan fingerprint density at radius 2 is 1.76 bits per heavy atom. The van der Waals surface area contributed by atoms with Gasteiger partial charge in [-0.25, -0.2) is 9.97 Å². The lowest BCUT2D eigenvalue weighted by molar-refractivity contribution is 0.102. The standard InChI is InChI=1S/C19H17BrN4O/c1-12-5-3-4-6-15(12)24-19(25)17-10-22-18(11-21-17)23-16-8-7-14(20)9-13(16)2/h3-11H,1-2H3,(H,22,23)(H,24,25). The molecule has 0 spiro atoms. The van der Waals surface area contributed by atoms with Gasteiger partial charge in [0.1, 0.15) is 11.5 Å². The fraction of sp³-hybridized carbons (Fsp3) is 0.105. The Kier molecular flexibility index (Phi) is 5.09. The average molecular weight is 397 g/mol. The van der Waals surface area contributed by atoms with Gasteiger partial charge in [0.05, 0.1) is 12.4 Å². The molecule has 0 aliphatic heterocycles. The van der Waals surface area contributed by atoms with E-state index in [1.165, 1.54) is 6.20 Å². The summed E-state index contributed by atoms with van der Waals surface area (Å²) in [6.07, 6.45) is 3.01. The zero-order chi connectivity index (χ0) is 17.8. The van der Waals surface area contributed by atoms with Crippen LogP contribution in [0.1, 0.15) is 21.6 Å². The highest BCUT2D eigenvalue weighted by molar-refractivity contribution is 9.10. The molecule has 2 aromatic carbocycles. The number of aryl methyl sites for hydroxylation is 2. The van der Waals surface area contributed by atoms with Crippen LogP contribution in [0.15, 0.2) is 59.3 Å². The average Bonchev–Trinajstić information content (AvgIpc) is 2.60. The molecular weight excluding hydrogens is 380 g/mol. The largest absolute Gasteiger partial charge is 0.339 e. The molecule has 0 atom stereocenters. The van der Waals surface area contributed by atoms with Crippen molar-refractivity contribution in [1.29, 1.82) is 0 Å². The summed E-state index contributed by atoms with van der Waals surface area (Å²) in [5.41, 5.74) is 4.04. The number of nitrogens with one attached hydrogen (secondary N) is 2. The van der Waals surface area contributed by atoms with Crippen molar-refractivity contribution in [2.24, 2.45) is 0 Å². The first-order valence-electron chi connectivity index (χ1n) is 7.75. The number of nitrogens with zero attached hydrogens (tertiary/aromatic N) is 2. The monoisotopic (exact) mass is 396 g/mol. The number of carbonyl (C=O) groups excluding carboxylic acids is 1. The van der Waals surface area contributed by atoms with E-state index >= 15 is 0 Å². The predicted molar refractivity (Wildman–Crippen MR) is 103 cm³/mol. The van der Waals surface area contributed by atoms with Gasteiger partial charge in [0.15, 0.2) is 0 Å². The maximum Gasteiger partial charge on any atom is 0.275 e. The van der Waals surface area contributed by atoms with Crippen LogP contribution in [0.2, 0.25) is 0 Å². The minimum absolute atomic E-state index is 0.265. The Labute approximate surface area is 154 Å². The minimum Gasteiger partial charge on any atom is -0.339 e. The molecule has 0 saturated carbocycles. The van der Waals surface area contributed by atoms with Crippen molar-refractivity contribution in [3.05, 3.63) is 76.2 Å². The van der Waals surface area contributed by atoms with Gasteiger partial charge in [-0.05, 0) is 49.2 Å². The molecule has 1 amide bonds. The first-order valence-corrected chi connectivity index (χ1v) is 8.54. The molecule has 0 radical (unpaired) electrons. The van der Waals surface area contributed by atoms with Crippen LogP contribution in [-0.4, -0.2) is 15.9 Å². The number of benzene rings is 2. The molecular formula is C19H17BrN4O. The molecule has 25 heavy (non-hydrogen) atoms. The van der Waals surface area contributed by atoms with Gasteiger partial charge in [0, 0.05) is 15.8 Å². The molecule has 5 nitrogen and oxygen atoms in total. The van der Waals surface area contributed by atoms with Gasteiger partial charge in [0.2, 0.25) is 0 Å². The van der Waals surface area contributed by atoms with E-state index in [9.17, 15) is 4.79 Å². The molecule has 6 heteroatoms. The second-order valence-electron chi connectivity index (χ2n) is 5.64. The zero-order valence-electron chi connectivity index (χ0n) is 13.9. The minimum atomic E-state index is -0.284. The molecule has 0 aliphatic rings. The van der Waals surface area contributed by atoms with Crippen LogP contribution in [0.3, 0.4) is 0 Å². The summed E-state index contributed by atoms with van der Waals surface area (Å²) < 4.78 is 1.02. The number of rotatable bonds is 4. The highest BCUT2D eigenvalue weighted by Crippen LogP contribution is 2.22. The lowest BCUT2D eigenvalue weighted by Crippen LogP contribution is -2.15. The first kappa shape index (κ1) is 17.1. The van der Waals surface area contributed by atoms with Gasteiger partial charge in [0.25, 0.3) is 5.91 Å². The van der Waals surface area contributed by atoms with E-state index in [4.69, 9.17) is 0 Å². The second kappa shape index (κ2) is 7.44. The fourth-order valence-electron chi connectivity index (χ4n) is 2.31. The SMILES string of the molecule is Cc1ccccc1NC(=O)c1cnc(Nc2ccc(Br)cc2C)cn1. The van der Waals surface area contributed by atoms with Crippen LogP contribution >= 0.6 is 15.9 Å². The van der Waals surface area contributed by atoms with Crippen molar-refractivity contribution in [3.8, 4) is 0 Å². The van der Waals surface area contributed by atoms with Gasteiger partial charge in [-0.15, -0.1) is 0 Å². The second-order valence-corrected chi connectivity index (χ2v) is 6.56. The summed E-state index contributed by atoms with van der Waals surface area (Å²) in [6, 6.07) is 13.5. The predicted octanol–water partition coefficient (Wildman–Crippen LogP) is 4.85. The molecule has 0 bridgehead atoms. The van der Waals surface area contributed by atoms with Crippen molar-refractivity contribution in [3.63, 3.8) is 0 Å². The van der Waals surface area contributed by atoms with E-state index in [1.807, 2.05) is 56.3 Å². The fourth-order valence-corrected chi connectivity index (χ4v) is 2.79. The van der Waals surface area contributed by atoms with Gasteiger partial charge in [-0.2, -0.15) is 0 Å². The Morgan fingerprint density at radius 1 is 0.960 bits per heavy atom. The van der Waals surface area contributed by atoms with Crippen LogP contribution in [0.25, 0.3) is 0 Å². The number of aromatic nitrogens is 2. The molecule has 1 aromatic heterocycles. The van der Waals surface area contributed by atoms with Crippen LogP contribution in [0.5, 0.6) is 0 Å². The van der Waals surface area contributed by atoms with E-state index in [0.29, 0.717) is 5.82 Å². The van der Waals surface area contributed by atoms with Crippen LogP contribution in [-0.2, 0) is 0 Å². The van der Waals surface area contributed by atoms with E-state index in [-0.39, 0.29) is 11.6 Å². The summed E-state index contributed by atoms with van der Waals surface area (Å²) in [4.78, 5) is 20.8. The highest BCUT2D eigenvalue weighted by Gasteiger charge is 2.10. The molecule has 0 unspecified atom stereocenters. The van der Waals surface area contributed by atoms with Crippen molar-refractivity contribution < 1.29 is 4.79 Å². The maximum atomic E-state index is 12.3. The molecule has 1 heterocycles. The molecule has 3 aromatic rings. The molecule has 3 rings (SSSR count). The van der Waals surface area contributed by atoms with E-state index in [1.54, 1.807) is 6.20 Å². The van der Waals surface area contributed by atoms with E-state index < -0.39 is 0 Å². The van der Waals surface area contributed by atoms with Crippen molar-refractivity contribution >= 4 is 39.0 Å². The lowest BCUT2D eigenvalue weighted by Gasteiger charge is -2.10. The molecule has 0 aliphatic carbocycles. The number of para-hydroxylation sites is 1. The van der Waals surface area contributed by atoms with Crippen LogP contribution < -0.4 is 10.6 Å². The molecule has 2 N–H and O–H groups in total. The Morgan fingerprint density at radius 3 is 2.44 bits per heavy atom. The number of halogens is 1. The quantitative estimate of drug-likeness (QED) is 0.661. The number of anilines is 3. The Hall–Kier alpha value is -2.73. The third-order valence-corrected chi connectivity index (χ3v) is 4.22. The molecule has 0 fully saturated rings. The van der Waals surface area contributed by atoms with E-state index in [2.05, 4.69) is 36.5 Å². The normalized spacial score (nSPS) is 10.4. The van der Waals surface area contributed by atoms with E-state index in [0.717, 1.165) is 27.0 Å². The van der Waals surface area contributed by atoms with Crippen molar-refractivity contribution in [1.82, 2.24) is 9.97 Å². The Balaban J connectivity index is 1.71. The van der Waals surface area contributed by atoms with Crippen molar-refractivity contribution in [2.75, 3.05) is 10.6 Å². The van der Waals surface area contributed by atoms with Crippen molar-refractivity contribution in [2.45, 2.75) is 13.8 Å². The van der Waals surface area contributed by atoms with Gasteiger partial charge in [-0.3, -0.25) is 4.79 Å². The number of hydrogen-bond acceptors (Lipinski definition) is 4. The maximum absolute atomic E-state index is 12.3. The summed E-state index contributed by atoms with van der Waals surface area (Å²) in [5.74, 6) is 0.297. The smallest absolute Gasteiger partial charge is 0.275 e. The topological polar surface area (TPSA) is 66.9 Å². The van der Waals surface area contributed by atoms with Gasteiger partial charge < -0.3 is 10.6 Å². The number of hydrogen-bond donors (Lipinski definition) is 2. The highest BCUT2D eigenvalue weighted by atomic mass is 79.9. The summed E-state index contributed by atoms with van der Waals surface area (Å²) in [6.45, 7) is 3.94. The third-order valence-electron chi connectivity index (χ3n) is 3.73. The van der Waals surface area contributed by atoms with Crippen LogP contribution in [0.4, 0.5) is 17.2 Å². The summed E-state index contributed by atoms with van der Waals surface area (Å²) >= 11 is 3.44. The molecule has 126 valence electrons. The van der Waals surface area contributed by atoms with Gasteiger partial charge >= 0.3 is 0 Å². The summed E-state index contributed by atoms with van der Waals surface area (Å²) in [5, 5.41) is 6.04. The molecule has 0 saturated heterocycles. The zero-order valence-corrected chi connectivity index (χ0v) is 15.5. The first-order chi connectivity index (χ1) is 12.0. The van der Waals surface area contributed by atoms with Crippen LogP contribution in [0, 0.1) is 13.8 Å². The third kappa shape index (κ3) is 4.22. The number of carbonyl (C=O) groups is 1.